The van der Waals surface area contributed by atoms with Crippen LogP contribution in [0.1, 0.15) is 19.2 Å². The Hall–Kier alpha value is -2.15. The lowest BCUT2D eigenvalue weighted by atomic mass is 10.4. The molecule has 114 valence electrons. The minimum atomic E-state index is 0.366. The van der Waals surface area contributed by atoms with Gasteiger partial charge in [0.15, 0.2) is 5.82 Å². The fourth-order valence-electron chi connectivity index (χ4n) is 1.88. The molecule has 0 radical (unpaired) electrons. The highest BCUT2D eigenvalue weighted by molar-refractivity contribution is 5.38. The highest BCUT2D eigenvalue weighted by Crippen LogP contribution is 2.14. The van der Waals surface area contributed by atoms with Crippen molar-refractivity contribution in [3.05, 3.63) is 30.6 Å². The third-order valence-electron chi connectivity index (χ3n) is 2.77. The average molecular weight is 291 g/mol. The maximum Gasteiger partial charge on any atom is 0.218 e. The zero-order valence-electron chi connectivity index (χ0n) is 12.5. The van der Waals surface area contributed by atoms with Gasteiger partial charge in [0.05, 0.1) is 12.9 Å². The number of methoxy groups -OCH3 is 1. The van der Waals surface area contributed by atoms with Crippen LogP contribution in [0.3, 0.4) is 0 Å². The van der Waals surface area contributed by atoms with Crippen LogP contribution in [-0.2, 0) is 17.9 Å². The minimum absolute atomic E-state index is 0.366. The lowest BCUT2D eigenvalue weighted by molar-refractivity contribution is 0.176. The van der Waals surface area contributed by atoms with Crippen LogP contribution < -0.4 is 10.1 Å². The van der Waals surface area contributed by atoms with Crippen molar-refractivity contribution in [3.63, 3.8) is 0 Å². The largest absolute Gasteiger partial charge is 0.478 e. The van der Waals surface area contributed by atoms with Gasteiger partial charge in [-0.1, -0.05) is 0 Å². The van der Waals surface area contributed by atoms with Crippen LogP contribution in [0.5, 0.6) is 5.88 Å². The van der Waals surface area contributed by atoms with E-state index in [2.05, 4.69) is 20.3 Å². The van der Waals surface area contributed by atoms with Crippen LogP contribution >= 0.6 is 0 Å². The molecule has 0 atom stereocenters. The molecule has 2 aromatic heterocycles. The van der Waals surface area contributed by atoms with E-state index in [0.717, 1.165) is 25.3 Å². The summed E-state index contributed by atoms with van der Waals surface area (Å²) < 4.78 is 12.6. The van der Waals surface area contributed by atoms with E-state index in [1.165, 1.54) is 0 Å². The number of hydrogen-bond acceptors (Lipinski definition) is 6. The Labute approximate surface area is 124 Å². The summed E-state index contributed by atoms with van der Waals surface area (Å²) in [6, 6.07) is 1.81. The Kier molecular flexibility index (Phi) is 5.96. The van der Waals surface area contributed by atoms with Gasteiger partial charge in [0.2, 0.25) is 5.88 Å². The number of rotatable bonds is 9. The molecular formula is C14H21N5O2. The number of hydrogen-bond donors (Lipinski definition) is 1. The summed E-state index contributed by atoms with van der Waals surface area (Å²) in [5, 5.41) is 3.28. The van der Waals surface area contributed by atoms with Gasteiger partial charge < -0.3 is 19.4 Å². The van der Waals surface area contributed by atoms with E-state index in [4.69, 9.17) is 9.47 Å². The molecule has 0 fully saturated rings. The van der Waals surface area contributed by atoms with Crippen LogP contribution in [0, 0.1) is 0 Å². The summed E-state index contributed by atoms with van der Waals surface area (Å²) >= 11 is 0. The van der Waals surface area contributed by atoms with E-state index in [0.29, 0.717) is 24.9 Å². The van der Waals surface area contributed by atoms with E-state index in [1.807, 2.05) is 24.0 Å². The number of aryl methyl sites for hydroxylation is 1. The number of nitrogens with one attached hydrogen (secondary N) is 1. The van der Waals surface area contributed by atoms with Crippen molar-refractivity contribution < 1.29 is 9.47 Å². The fraction of sp³-hybridized carbons (Fsp3) is 0.500. The van der Waals surface area contributed by atoms with Gasteiger partial charge in [-0.15, -0.1) is 0 Å². The molecule has 0 spiro atoms. The van der Waals surface area contributed by atoms with Gasteiger partial charge in [0.1, 0.15) is 12.4 Å². The molecule has 0 aliphatic carbocycles. The summed E-state index contributed by atoms with van der Waals surface area (Å²) in [6.07, 6.45) is 6.52. The third kappa shape index (κ3) is 5.03. The molecule has 2 heterocycles. The second-order valence-corrected chi connectivity index (χ2v) is 4.45. The van der Waals surface area contributed by atoms with Gasteiger partial charge in [0.25, 0.3) is 0 Å². The molecule has 21 heavy (non-hydrogen) atoms. The zero-order valence-corrected chi connectivity index (χ0v) is 12.5. The molecule has 0 unspecified atom stereocenters. The Morgan fingerprint density at radius 1 is 1.33 bits per heavy atom. The van der Waals surface area contributed by atoms with E-state index in [-0.39, 0.29) is 0 Å². The Morgan fingerprint density at radius 2 is 2.24 bits per heavy atom. The number of aromatic nitrogens is 4. The number of imidazole rings is 1. The normalized spacial score (nSPS) is 10.6. The highest BCUT2D eigenvalue weighted by Gasteiger charge is 2.05. The Morgan fingerprint density at radius 3 is 2.95 bits per heavy atom. The maximum atomic E-state index is 5.44. The van der Waals surface area contributed by atoms with Crippen molar-refractivity contribution in [2.45, 2.75) is 26.5 Å². The summed E-state index contributed by atoms with van der Waals surface area (Å²) in [5.74, 6) is 1.93. The van der Waals surface area contributed by atoms with E-state index >= 15 is 0 Å². The number of anilines is 1. The molecule has 0 saturated heterocycles. The predicted molar refractivity (Wildman–Crippen MR) is 79.2 cm³/mol. The Balaban J connectivity index is 1.88. The first-order chi connectivity index (χ1) is 10.3. The van der Waals surface area contributed by atoms with Crippen molar-refractivity contribution in [2.75, 3.05) is 25.6 Å². The van der Waals surface area contributed by atoms with Crippen molar-refractivity contribution in [1.29, 1.82) is 0 Å². The maximum absolute atomic E-state index is 5.44. The van der Waals surface area contributed by atoms with Crippen LogP contribution in [0.15, 0.2) is 24.8 Å². The molecule has 0 aliphatic rings. The van der Waals surface area contributed by atoms with Gasteiger partial charge in [-0.2, -0.15) is 4.98 Å². The first-order valence-electron chi connectivity index (χ1n) is 7.01. The van der Waals surface area contributed by atoms with Crippen molar-refractivity contribution in [2.24, 2.45) is 0 Å². The second-order valence-electron chi connectivity index (χ2n) is 4.45. The molecule has 0 aromatic carbocycles. The van der Waals surface area contributed by atoms with Crippen LogP contribution in [0.25, 0.3) is 0 Å². The summed E-state index contributed by atoms with van der Waals surface area (Å²) in [5.41, 5.74) is 0. The molecular weight excluding hydrogens is 270 g/mol. The van der Waals surface area contributed by atoms with Gasteiger partial charge in [-0.05, 0) is 13.3 Å². The molecule has 0 saturated carbocycles. The quantitative estimate of drug-likeness (QED) is 0.709. The monoisotopic (exact) mass is 291 g/mol. The first kappa shape index (κ1) is 15.2. The van der Waals surface area contributed by atoms with Crippen LogP contribution in [-0.4, -0.2) is 39.8 Å². The minimum Gasteiger partial charge on any atom is -0.478 e. The Bertz CT molecular complexity index is 506. The lowest BCUT2D eigenvalue weighted by Gasteiger charge is -2.10. The molecule has 7 nitrogen and oxygen atoms in total. The first-order valence-corrected chi connectivity index (χ1v) is 7.01. The molecule has 2 aromatic rings. The van der Waals surface area contributed by atoms with Gasteiger partial charge >= 0.3 is 0 Å². The summed E-state index contributed by atoms with van der Waals surface area (Å²) in [4.78, 5) is 12.7. The van der Waals surface area contributed by atoms with Crippen molar-refractivity contribution >= 4 is 5.82 Å². The molecule has 0 bridgehead atoms. The standard InChI is InChI=1S/C14H21N5O2/c1-3-21-14-9-12(17-13(18-14)10-20-2)16-5-4-7-19-8-6-15-11-19/h6,8-9,11H,3-5,7,10H2,1-2H3,(H,16,17,18). The number of ether oxygens (including phenoxy) is 2. The molecule has 7 heteroatoms. The highest BCUT2D eigenvalue weighted by atomic mass is 16.5. The SMILES string of the molecule is CCOc1cc(NCCCn2ccnc2)nc(COC)n1. The average Bonchev–Trinajstić information content (AvgIpc) is 2.97. The van der Waals surface area contributed by atoms with Crippen molar-refractivity contribution in [1.82, 2.24) is 19.5 Å². The third-order valence-corrected chi connectivity index (χ3v) is 2.77. The summed E-state index contributed by atoms with van der Waals surface area (Å²) in [6.45, 7) is 4.60. The molecule has 1 N–H and O–H groups in total. The fourth-order valence-corrected chi connectivity index (χ4v) is 1.88. The van der Waals surface area contributed by atoms with Gasteiger partial charge in [-0.25, -0.2) is 9.97 Å². The second kappa shape index (κ2) is 8.21. The van der Waals surface area contributed by atoms with Crippen LogP contribution in [0.4, 0.5) is 5.82 Å². The van der Waals surface area contributed by atoms with E-state index in [9.17, 15) is 0 Å². The molecule has 0 aliphatic heterocycles. The lowest BCUT2D eigenvalue weighted by Crippen LogP contribution is -2.10. The van der Waals surface area contributed by atoms with Crippen LogP contribution in [0.2, 0.25) is 0 Å². The topological polar surface area (TPSA) is 74.1 Å². The summed E-state index contributed by atoms with van der Waals surface area (Å²) in [7, 11) is 1.62. The smallest absolute Gasteiger partial charge is 0.218 e. The van der Waals surface area contributed by atoms with E-state index < -0.39 is 0 Å². The predicted octanol–water partition coefficient (Wildman–Crippen LogP) is 1.72. The van der Waals surface area contributed by atoms with E-state index in [1.54, 1.807) is 19.4 Å². The van der Waals surface area contributed by atoms with Gasteiger partial charge in [0, 0.05) is 38.7 Å². The molecule has 0 amide bonds. The van der Waals surface area contributed by atoms with Crippen molar-refractivity contribution in [3.8, 4) is 5.88 Å². The number of nitrogens with zero attached hydrogens (tertiary/aromatic N) is 4. The van der Waals surface area contributed by atoms with Gasteiger partial charge in [-0.3, -0.25) is 0 Å². The zero-order chi connectivity index (χ0) is 14.9. The molecule has 2 rings (SSSR count).